The van der Waals surface area contributed by atoms with Gasteiger partial charge >= 0.3 is 0 Å². The molecule has 2 aromatic rings. The molecule has 2 amide bonds. The number of carbonyl (C=O) groups excluding carboxylic acids is 2. The Labute approximate surface area is 180 Å². The molecule has 1 saturated heterocycles. The summed E-state index contributed by atoms with van der Waals surface area (Å²) >= 11 is 0. The first-order valence-electron chi connectivity index (χ1n) is 10.0. The topological polar surface area (TPSA) is 105 Å². The fourth-order valence-electron chi connectivity index (χ4n) is 3.72. The SMILES string of the molecule is COc1ccccc1[C@H](C)NC(=O)c1ccc(N2CCN(C(C)=O)CC2)c([N+](=O)[O-])c1. The number of nitro benzene ring substituents is 1. The summed E-state index contributed by atoms with van der Waals surface area (Å²) in [7, 11) is 1.56. The van der Waals surface area contributed by atoms with E-state index >= 15 is 0 Å². The zero-order chi connectivity index (χ0) is 22.5. The average Bonchev–Trinajstić information content (AvgIpc) is 2.78. The number of piperazine rings is 1. The van der Waals surface area contributed by atoms with Crippen molar-refractivity contribution >= 4 is 23.2 Å². The molecule has 2 aromatic carbocycles. The summed E-state index contributed by atoms with van der Waals surface area (Å²) in [6.07, 6.45) is 0. The van der Waals surface area contributed by atoms with Crippen molar-refractivity contribution in [2.75, 3.05) is 38.2 Å². The van der Waals surface area contributed by atoms with Crippen LogP contribution < -0.4 is 15.0 Å². The monoisotopic (exact) mass is 426 g/mol. The lowest BCUT2D eigenvalue weighted by molar-refractivity contribution is -0.384. The molecule has 0 bridgehead atoms. The van der Waals surface area contributed by atoms with Crippen molar-refractivity contribution in [1.29, 1.82) is 0 Å². The first kappa shape index (κ1) is 22.1. The number of hydrogen-bond acceptors (Lipinski definition) is 6. The molecule has 0 unspecified atom stereocenters. The number of amides is 2. The van der Waals surface area contributed by atoms with Crippen LogP contribution in [-0.4, -0.2) is 54.9 Å². The van der Waals surface area contributed by atoms with Gasteiger partial charge in [-0.2, -0.15) is 0 Å². The molecule has 1 aliphatic rings. The Morgan fingerprint density at radius 3 is 2.42 bits per heavy atom. The first-order chi connectivity index (χ1) is 14.8. The molecular formula is C22H26N4O5. The highest BCUT2D eigenvalue weighted by molar-refractivity contribution is 5.96. The molecule has 1 atom stereocenters. The van der Waals surface area contributed by atoms with Crippen molar-refractivity contribution in [3.05, 3.63) is 63.7 Å². The van der Waals surface area contributed by atoms with Crippen molar-refractivity contribution in [2.45, 2.75) is 19.9 Å². The molecule has 0 spiro atoms. The van der Waals surface area contributed by atoms with E-state index in [0.29, 0.717) is 37.6 Å². The molecule has 1 aliphatic heterocycles. The Morgan fingerprint density at radius 1 is 1.13 bits per heavy atom. The van der Waals surface area contributed by atoms with Gasteiger partial charge in [0.1, 0.15) is 11.4 Å². The number of ether oxygens (including phenoxy) is 1. The second-order valence-electron chi connectivity index (χ2n) is 7.39. The molecule has 9 nitrogen and oxygen atoms in total. The first-order valence-corrected chi connectivity index (χ1v) is 10.0. The Morgan fingerprint density at radius 2 is 1.81 bits per heavy atom. The molecule has 0 aromatic heterocycles. The lowest BCUT2D eigenvalue weighted by Gasteiger charge is -2.35. The van der Waals surface area contributed by atoms with E-state index in [9.17, 15) is 19.7 Å². The van der Waals surface area contributed by atoms with Gasteiger partial charge in [0.15, 0.2) is 0 Å². The number of nitrogens with zero attached hydrogens (tertiary/aromatic N) is 3. The summed E-state index contributed by atoms with van der Waals surface area (Å²) in [6, 6.07) is 11.5. The predicted molar refractivity (Wildman–Crippen MR) is 116 cm³/mol. The number of hydrogen-bond donors (Lipinski definition) is 1. The lowest BCUT2D eigenvalue weighted by Crippen LogP contribution is -2.48. The standard InChI is InChI=1S/C22H26N4O5/c1-15(18-6-4-5-7-21(18)31-3)23-22(28)17-8-9-19(20(14-17)26(29)30)25-12-10-24(11-13-25)16(2)27/h4-9,14-15H,10-13H2,1-3H3,(H,23,28)/t15-/m0/s1. The number of carbonyl (C=O) groups is 2. The van der Waals surface area contributed by atoms with Gasteiger partial charge in [0.2, 0.25) is 5.91 Å². The van der Waals surface area contributed by atoms with Crippen molar-refractivity contribution in [3.63, 3.8) is 0 Å². The van der Waals surface area contributed by atoms with Crippen molar-refractivity contribution in [1.82, 2.24) is 10.2 Å². The van der Waals surface area contributed by atoms with E-state index in [1.165, 1.54) is 13.0 Å². The van der Waals surface area contributed by atoms with E-state index in [1.54, 1.807) is 24.1 Å². The minimum Gasteiger partial charge on any atom is -0.496 e. The van der Waals surface area contributed by atoms with Crippen LogP contribution in [0.3, 0.4) is 0 Å². The summed E-state index contributed by atoms with van der Waals surface area (Å²) in [5.41, 5.74) is 1.34. The average molecular weight is 426 g/mol. The van der Waals surface area contributed by atoms with Crippen molar-refractivity contribution in [3.8, 4) is 5.75 Å². The van der Waals surface area contributed by atoms with E-state index in [4.69, 9.17) is 4.74 Å². The third-order valence-electron chi connectivity index (χ3n) is 5.45. The molecule has 0 radical (unpaired) electrons. The third-order valence-corrected chi connectivity index (χ3v) is 5.45. The largest absolute Gasteiger partial charge is 0.496 e. The van der Waals surface area contributed by atoms with Crippen molar-refractivity contribution < 1.29 is 19.2 Å². The van der Waals surface area contributed by atoms with Crippen LogP contribution in [0, 0.1) is 10.1 Å². The number of anilines is 1. The second kappa shape index (κ2) is 9.46. The number of nitrogens with one attached hydrogen (secondary N) is 1. The Hall–Kier alpha value is -3.62. The fraction of sp³-hybridized carbons (Fsp3) is 0.364. The molecule has 3 rings (SSSR count). The number of methoxy groups -OCH3 is 1. The molecule has 164 valence electrons. The maximum atomic E-state index is 12.8. The van der Waals surface area contributed by atoms with Crippen molar-refractivity contribution in [2.24, 2.45) is 0 Å². The van der Waals surface area contributed by atoms with E-state index in [0.717, 1.165) is 5.56 Å². The molecule has 1 N–H and O–H groups in total. The molecular weight excluding hydrogens is 400 g/mol. The van der Waals surface area contributed by atoms with Crippen LogP contribution >= 0.6 is 0 Å². The zero-order valence-corrected chi connectivity index (χ0v) is 17.8. The number of para-hydroxylation sites is 1. The van der Waals surface area contributed by atoms with Gasteiger partial charge in [-0.15, -0.1) is 0 Å². The molecule has 0 aliphatic carbocycles. The smallest absolute Gasteiger partial charge is 0.293 e. The van der Waals surface area contributed by atoms with Gasteiger partial charge in [0.25, 0.3) is 11.6 Å². The highest BCUT2D eigenvalue weighted by atomic mass is 16.6. The Bertz CT molecular complexity index is 986. The van der Waals surface area contributed by atoms with Crippen LogP contribution in [0.25, 0.3) is 0 Å². The van der Waals surface area contributed by atoms with E-state index < -0.39 is 10.8 Å². The third kappa shape index (κ3) is 4.93. The molecule has 1 fully saturated rings. The van der Waals surface area contributed by atoms with E-state index in [1.807, 2.05) is 36.1 Å². The van der Waals surface area contributed by atoms with Gasteiger partial charge in [0, 0.05) is 50.3 Å². The summed E-state index contributed by atoms with van der Waals surface area (Å²) in [4.78, 5) is 39.1. The number of benzene rings is 2. The highest BCUT2D eigenvalue weighted by Crippen LogP contribution is 2.31. The molecule has 1 heterocycles. The van der Waals surface area contributed by atoms with Crippen LogP contribution in [0.15, 0.2) is 42.5 Å². The number of nitro groups is 1. The van der Waals surface area contributed by atoms with Gasteiger partial charge in [0.05, 0.1) is 18.1 Å². The summed E-state index contributed by atoms with van der Waals surface area (Å²) in [6.45, 7) is 5.34. The van der Waals surface area contributed by atoms with Crippen LogP contribution in [0.2, 0.25) is 0 Å². The van der Waals surface area contributed by atoms with Gasteiger partial charge < -0.3 is 19.9 Å². The minimum atomic E-state index is -0.479. The normalized spacial score (nSPS) is 14.7. The summed E-state index contributed by atoms with van der Waals surface area (Å²) in [5, 5.41) is 14.6. The van der Waals surface area contributed by atoms with Crippen LogP contribution in [0.1, 0.15) is 35.8 Å². The summed E-state index contributed by atoms with van der Waals surface area (Å²) in [5.74, 6) is 0.237. The molecule has 9 heteroatoms. The predicted octanol–water partition coefficient (Wildman–Crippen LogP) is 2.76. The zero-order valence-electron chi connectivity index (χ0n) is 17.8. The fourth-order valence-corrected chi connectivity index (χ4v) is 3.72. The molecule has 31 heavy (non-hydrogen) atoms. The van der Waals surface area contributed by atoms with E-state index in [2.05, 4.69) is 5.32 Å². The maximum Gasteiger partial charge on any atom is 0.293 e. The number of rotatable bonds is 6. The van der Waals surface area contributed by atoms with Gasteiger partial charge in [-0.3, -0.25) is 19.7 Å². The van der Waals surface area contributed by atoms with Gasteiger partial charge in [-0.05, 0) is 25.1 Å². The second-order valence-corrected chi connectivity index (χ2v) is 7.39. The quantitative estimate of drug-likeness (QED) is 0.563. The highest BCUT2D eigenvalue weighted by Gasteiger charge is 2.26. The Balaban J connectivity index is 1.78. The maximum absolute atomic E-state index is 12.8. The van der Waals surface area contributed by atoms with E-state index in [-0.39, 0.29) is 23.2 Å². The van der Waals surface area contributed by atoms with Crippen LogP contribution in [0.4, 0.5) is 11.4 Å². The van der Waals surface area contributed by atoms with Crippen LogP contribution in [0.5, 0.6) is 5.75 Å². The van der Waals surface area contributed by atoms with Gasteiger partial charge in [-0.25, -0.2) is 0 Å². The van der Waals surface area contributed by atoms with Crippen LogP contribution in [-0.2, 0) is 4.79 Å². The minimum absolute atomic E-state index is 0.00895. The summed E-state index contributed by atoms with van der Waals surface area (Å²) < 4.78 is 5.34. The molecule has 0 saturated carbocycles. The Kier molecular flexibility index (Phi) is 6.74. The van der Waals surface area contributed by atoms with Gasteiger partial charge in [-0.1, -0.05) is 18.2 Å². The lowest BCUT2D eigenvalue weighted by atomic mass is 10.1.